The number of methoxy groups -OCH3 is 2. The molecule has 27 heavy (non-hydrogen) atoms. The van der Waals surface area contributed by atoms with Gasteiger partial charge in [-0.1, -0.05) is 0 Å². The average molecular weight is 377 g/mol. The lowest BCUT2D eigenvalue weighted by Crippen LogP contribution is -2.43. The summed E-state index contributed by atoms with van der Waals surface area (Å²) < 4.78 is 17.3. The second-order valence-corrected chi connectivity index (χ2v) is 6.47. The topological polar surface area (TPSA) is 94.6 Å². The molecule has 0 unspecified atom stereocenters. The molecule has 2 aromatic rings. The molecule has 0 fully saturated rings. The summed E-state index contributed by atoms with van der Waals surface area (Å²) in [4.78, 5) is 18.5. The Balaban J connectivity index is 1.74. The van der Waals surface area contributed by atoms with Crippen molar-refractivity contribution in [3.8, 4) is 11.4 Å². The first-order valence-corrected chi connectivity index (χ1v) is 9.22. The van der Waals surface area contributed by atoms with E-state index in [1.165, 1.54) is 6.39 Å². The van der Waals surface area contributed by atoms with Gasteiger partial charge in [0.1, 0.15) is 17.7 Å². The van der Waals surface area contributed by atoms with E-state index in [0.29, 0.717) is 38.5 Å². The molecule has 0 radical (unpaired) electrons. The van der Waals surface area contributed by atoms with Gasteiger partial charge in [-0.25, -0.2) is 9.78 Å². The van der Waals surface area contributed by atoms with Crippen molar-refractivity contribution in [2.75, 3.05) is 40.5 Å². The second-order valence-electron chi connectivity index (χ2n) is 6.47. The molecule has 0 bridgehead atoms. The average Bonchev–Trinajstić information content (AvgIpc) is 3.33. The number of carbonyl (C=O) groups is 1. The number of amides is 2. The minimum atomic E-state index is -0.0602. The summed E-state index contributed by atoms with van der Waals surface area (Å²) in [6, 6.07) is -0.0602. The largest absolute Gasteiger partial charge is 0.451 e. The van der Waals surface area contributed by atoms with Crippen LogP contribution in [0.5, 0.6) is 0 Å². The van der Waals surface area contributed by atoms with Gasteiger partial charge < -0.3 is 24.1 Å². The van der Waals surface area contributed by atoms with Gasteiger partial charge in [-0.05, 0) is 12.8 Å². The Kier molecular flexibility index (Phi) is 6.83. The van der Waals surface area contributed by atoms with Gasteiger partial charge in [0.25, 0.3) is 0 Å². The molecule has 0 saturated carbocycles. The van der Waals surface area contributed by atoms with Crippen LogP contribution >= 0.6 is 0 Å². The van der Waals surface area contributed by atoms with Crippen molar-refractivity contribution in [2.24, 2.45) is 0 Å². The van der Waals surface area contributed by atoms with Crippen molar-refractivity contribution in [1.29, 1.82) is 0 Å². The highest BCUT2D eigenvalue weighted by Gasteiger charge is 2.28. The Bertz CT molecular complexity index is 728. The van der Waals surface area contributed by atoms with Gasteiger partial charge in [-0.15, -0.1) is 0 Å². The lowest BCUT2D eigenvalue weighted by molar-refractivity contribution is 0.181. The number of hydrogen-bond acceptors (Lipinski definition) is 6. The van der Waals surface area contributed by atoms with Crippen molar-refractivity contribution in [3.05, 3.63) is 23.9 Å². The van der Waals surface area contributed by atoms with Crippen molar-refractivity contribution in [1.82, 2.24) is 25.0 Å². The van der Waals surface area contributed by atoms with Gasteiger partial charge in [0.2, 0.25) is 0 Å². The first kappa shape index (κ1) is 19.4. The number of carbonyl (C=O) groups excluding carboxylic acids is 1. The molecule has 148 valence electrons. The Hall–Kier alpha value is -2.39. The van der Waals surface area contributed by atoms with Crippen LogP contribution in [0.3, 0.4) is 0 Å². The number of aromatic nitrogens is 3. The Morgan fingerprint density at radius 1 is 1.30 bits per heavy atom. The molecule has 0 spiro atoms. The number of urea groups is 1. The van der Waals surface area contributed by atoms with Crippen LogP contribution in [-0.2, 0) is 29.0 Å². The maximum absolute atomic E-state index is 12.5. The van der Waals surface area contributed by atoms with Crippen LogP contribution in [0.4, 0.5) is 4.79 Å². The highest BCUT2D eigenvalue weighted by atomic mass is 16.5. The number of oxazole rings is 1. The van der Waals surface area contributed by atoms with Gasteiger partial charge in [-0.2, -0.15) is 5.10 Å². The molecule has 1 N–H and O–H groups in total. The SMILES string of the molecule is COCCCNC(=O)N1CCc2c(c(-c3cocn3)nn2CCCOC)C1. The van der Waals surface area contributed by atoms with Gasteiger partial charge >= 0.3 is 6.03 Å². The highest BCUT2D eigenvalue weighted by Crippen LogP contribution is 2.29. The molecule has 9 heteroatoms. The molecule has 0 aliphatic carbocycles. The molecular formula is C18H27N5O4. The molecule has 2 amide bonds. The molecule has 9 nitrogen and oxygen atoms in total. The zero-order valence-electron chi connectivity index (χ0n) is 15.9. The van der Waals surface area contributed by atoms with Crippen LogP contribution in [-0.4, -0.2) is 66.2 Å². The van der Waals surface area contributed by atoms with E-state index in [0.717, 1.165) is 42.8 Å². The van der Waals surface area contributed by atoms with Gasteiger partial charge in [-0.3, -0.25) is 4.68 Å². The molecule has 3 rings (SSSR count). The number of fused-ring (bicyclic) bond motifs is 1. The molecule has 3 heterocycles. The van der Waals surface area contributed by atoms with Crippen LogP contribution in [0.25, 0.3) is 11.4 Å². The number of nitrogens with one attached hydrogen (secondary N) is 1. The molecule has 0 atom stereocenters. The van der Waals surface area contributed by atoms with Crippen molar-refractivity contribution in [3.63, 3.8) is 0 Å². The summed E-state index contributed by atoms with van der Waals surface area (Å²) in [7, 11) is 3.35. The number of aryl methyl sites for hydroxylation is 1. The molecule has 0 saturated heterocycles. The quantitative estimate of drug-likeness (QED) is 0.668. The molecule has 2 aromatic heterocycles. The second kappa shape index (κ2) is 9.52. The zero-order valence-corrected chi connectivity index (χ0v) is 15.9. The van der Waals surface area contributed by atoms with Crippen LogP contribution < -0.4 is 5.32 Å². The fourth-order valence-corrected chi connectivity index (χ4v) is 3.27. The minimum absolute atomic E-state index is 0.0602. The summed E-state index contributed by atoms with van der Waals surface area (Å²) in [5.41, 5.74) is 3.68. The van der Waals surface area contributed by atoms with E-state index in [1.54, 1.807) is 20.5 Å². The van der Waals surface area contributed by atoms with Gasteiger partial charge in [0, 0.05) is 64.7 Å². The van der Waals surface area contributed by atoms with E-state index in [4.69, 9.17) is 19.0 Å². The number of nitrogens with zero attached hydrogens (tertiary/aromatic N) is 4. The monoisotopic (exact) mass is 377 g/mol. The maximum Gasteiger partial charge on any atom is 0.317 e. The molecule has 1 aliphatic heterocycles. The lowest BCUT2D eigenvalue weighted by Gasteiger charge is -2.28. The predicted octanol–water partition coefficient (Wildman–Crippen LogP) is 1.68. The smallest absolute Gasteiger partial charge is 0.317 e. The Morgan fingerprint density at radius 2 is 2.11 bits per heavy atom. The van der Waals surface area contributed by atoms with Crippen molar-refractivity contribution < 1.29 is 18.7 Å². The van der Waals surface area contributed by atoms with Crippen LogP contribution in [0, 0.1) is 0 Å². The van der Waals surface area contributed by atoms with Gasteiger partial charge in [0.05, 0.1) is 6.54 Å². The predicted molar refractivity (Wildman–Crippen MR) is 98.2 cm³/mol. The number of hydrogen-bond donors (Lipinski definition) is 1. The lowest BCUT2D eigenvalue weighted by atomic mass is 10.0. The highest BCUT2D eigenvalue weighted by molar-refractivity contribution is 5.75. The summed E-state index contributed by atoms with van der Waals surface area (Å²) in [5, 5.41) is 7.70. The molecular weight excluding hydrogens is 350 g/mol. The third kappa shape index (κ3) is 4.67. The first-order valence-electron chi connectivity index (χ1n) is 9.22. The standard InChI is InChI=1S/C18H27N5O4/c1-25-9-3-6-19-18(24)22-8-5-16-14(11-22)17(15-12-27-13-20-15)21-23(16)7-4-10-26-2/h12-13H,3-11H2,1-2H3,(H,19,24). The van der Waals surface area contributed by atoms with Crippen LogP contribution in [0.15, 0.2) is 17.1 Å². The summed E-state index contributed by atoms with van der Waals surface area (Å²) in [5.74, 6) is 0. The molecule has 1 aliphatic rings. The van der Waals surface area contributed by atoms with Crippen molar-refractivity contribution in [2.45, 2.75) is 32.4 Å². The van der Waals surface area contributed by atoms with Crippen molar-refractivity contribution >= 4 is 6.03 Å². The number of ether oxygens (including phenoxy) is 2. The third-order valence-electron chi connectivity index (χ3n) is 4.62. The Labute approximate surface area is 158 Å². The zero-order chi connectivity index (χ0) is 19.1. The fraction of sp³-hybridized carbons (Fsp3) is 0.611. The summed E-state index contributed by atoms with van der Waals surface area (Å²) in [6.07, 6.45) is 5.43. The minimum Gasteiger partial charge on any atom is -0.451 e. The van der Waals surface area contributed by atoms with E-state index in [-0.39, 0.29) is 6.03 Å². The van der Waals surface area contributed by atoms with E-state index in [2.05, 4.69) is 10.3 Å². The van der Waals surface area contributed by atoms with Gasteiger partial charge in [0.15, 0.2) is 6.39 Å². The number of rotatable bonds is 9. The molecule has 0 aromatic carbocycles. The summed E-state index contributed by atoms with van der Waals surface area (Å²) >= 11 is 0. The summed E-state index contributed by atoms with van der Waals surface area (Å²) in [6.45, 7) is 3.87. The Morgan fingerprint density at radius 3 is 2.85 bits per heavy atom. The third-order valence-corrected chi connectivity index (χ3v) is 4.62. The normalized spacial score (nSPS) is 13.6. The van der Waals surface area contributed by atoms with Crippen LogP contribution in [0.1, 0.15) is 24.1 Å². The van der Waals surface area contributed by atoms with E-state index < -0.39 is 0 Å². The van der Waals surface area contributed by atoms with E-state index >= 15 is 0 Å². The first-order chi connectivity index (χ1) is 13.2. The van der Waals surface area contributed by atoms with E-state index in [9.17, 15) is 4.79 Å². The fourth-order valence-electron chi connectivity index (χ4n) is 3.27. The maximum atomic E-state index is 12.5. The van der Waals surface area contributed by atoms with Crippen LogP contribution in [0.2, 0.25) is 0 Å². The van der Waals surface area contributed by atoms with E-state index in [1.807, 2.05) is 9.58 Å².